The van der Waals surface area contributed by atoms with Crippen molar-refractivity contribution in [2.75, 3.05) is 27.4 Å². The number of para-hydroxylation sites is 1. The van der Waals surface area contributed by atoms with Gasteiger partial charge in [-0.15, -0.1) is 0 Å². The number of hydrogen-bond acceptors (Lipinski definition) is 4. The van der Waals surface area contributed by atoms with Crippen molar-refractivity contribution in [2.45, 2.75) is 26.4 Å². The molecular formula is C22H28N2O4. The molecular weight excluding hydrogens is 356 g/mol. The molecule has 6 heteroatoms. The topological polar surface area (TPSA) is 60.0 Å². The Hall–Kier alpha value is -2.89. The number of fused-ring (bicyclic) bond motifs is 1. The van der Waals surface area contributed by atoms with Gasteiger partial charge in [0.15, 0.2) is 11.5 Å². The van der Waals surface area contributed by atoms with Gasteiger partial charge in [0.05, 0.1) is 19.7 Å². The van der Waals surface area contributed by atoms with E-state index in [0.29, 0.717) is 19.8 Å². The van der Waals surface area contributed by atoms with Gasteiger partial charge in [0.25, 0.3) is 0 Å². The van der Waals surface area contributed by atoms with Crippen LogP contribution in [0.15, 0.2) is 42.5 Å². The van der Waals surface area contributed by atoms with E-state index in [9.17, 15) is 4.79 Å². The lowest BCUT2D eigenvalue weighted by molar-refractivity contribution is 0.171. The van der Waals surface area contributed by atoms with Crippen LogP contribution >= 0.6 is 0 Å². The lowest BCUT2D eigenvalue weighted by Gasteiger charge is -2.28. The fourth-order valence-corrected chi connectivity index (χ4v) is 3.29. The van der Waals surface area contributed by atoms with Gasteiger partial charge in [-0.3, -0.25) is 0 Å². The fourth-order valence-electron chi connectivity index (χ4n) is 3.29. The molecule has 0 bridgehead atoms. The summed E-state index contributed by atoms with van der Waals surface area (Å²) in [6.07, 6.45) is 0. The number of amides is 2. The lowest BCUT2D eigenvalue weighted by atomic mass is 9.95. The Morgan fingerprint density at radius 2 is 1.86 bits per heavy atom. The lowest BCUT2D eigenvalue weighted by Crippen LogP contribution is -2.40. The first-order chi connectivity index (χ1) is 13.5. The second-order valence-corrected chi connectivity index (χ2v) is 7.24. The van der Waals surface area contributed by atoms with Crippen LogP contribution in [0.2, 0.25) is 0 Å². The summed E-state index contributed by atoms with van der Waals surface area (Å²) in [5.74, 6) is 2.46. The Morgan fingerprint density at radius 3 is 2.57 bits per heavy atom. The number of nitrogens with one attached hydrogen (secondary N) is 1. The van der Waals surface area contributed by atoms with Gasteiger partial charge in [-0.2, -0.15) is 0 Å². The minimum atomic E-state index is -0.139. The van der Waals surface area contributed by atoms with Crippen molar-refractivity contribution in [1.82, 2.24) is 10.2 Å². The molecule has 1 atom stereocenters. The Balaban J connectivity index is 1.72. The summed E-state index contributed by atoms with van der Waals surface area (Å²) in [4.78, 5) is 14.5. The number of benzene rings is 2. The highest BCUT2D eigenvalue weighted by molar-refractivity contribution is 5.74. The molecule has 0 radical (unpaired) electrons. The zero-order valence-electron chi connectivity index (χ0n) is 16.9. The van der Waals surface area contributed by atoms with Crippen molar-refractivity contribution >= 4 is 6.03 Å². The van der Waals surface area contributed by atoms with Gasteiger partial charge < -0.3 is 24.4 Å². The highest BCUT2D eigenvalue weighted by atomic mass is 16.6. The molecule has 0 aliphatic carbocycles. The van der Waals surface area contributed by atoms with Crippen LogP contribution in [0.3, 0.4) is 0 Å². The van der Waals surface area contributed by atoms with Crippen LogP contribution in [0.4, 0.5) is 4.79 Å². The summed E-state index contributed by atoms with van der Waals surface area (Å²) in [6, 6.07) is 13.3. The maximum atomic E-state index is 12.8. The molecule has 0 saturated heterocycles. The van der Waals surface area contributed by atoms with Crippen molar-refractivity contribution in [3.8, 4) is 17.2 Å². The minimum absolute atomic E-state index is 0.136. The average Bonchev–Trinajstić information content (AvgIpc) is 2.71. The molecule has 0 spiro atoms. The van der Waals surface area contributed by atoms with E-state index in [-0.39, 0.29) is 18.0 Å². The SMILES string of the molecule is COc1ccccc1CN(C)C(=O)NC(c1ccc2c(c1)OCCO2)C(C)C. The van der Waals surface area contributed by atoms with Gasteiger partial charge in [-0.1, -0.05) is 38.1 Å². The van der Waals surface area contributed by atoms with Gasteiger partial charge >= 0.3 is 6.03 Å². The number of carbonyl (C=O) groups excluding carboxylic acids is 1. The molecule has 0 fully saturated rings. The van der Waals surface area contributed by atoms with Crippen LogP contribution in [-0.4, -0.2) is 38.3 Å². The van der Waals surface area contributed by atoms with Gasteiger partial charge in [0.2, 0.25) is 0 Å². The maximum Gasteiger partial charge on any atom is 0.317 e. The van der Waals surface area contributed by atoms with Crippen LogP contribution in [0.25, 0.3) is 0 Å². The first-order valence-corrected chi connectivity index (χ1v) is 9.52. The highest BCUT2D eigenvalue weighted by Crippen LogP contribution is 2.34. The third kappa shape index (κ3) is 4.50. The molecule has 3 rings (SSSR count). The summed E-state index contributed by atoms with van der Waals surface area (Å²) < 4.78 is 16.7. The molecule has 28 heavy (non-hydrogen) atoms. The molecule has 1 aliphatic rings. The third-order valence-electron chi connectivity index (χ3n) is 4.82. The standard InChI is InChI=1S/C22H28N2O4/c1-15(2)21(16-9-10-19-20(13-16)28-12-11-27-19)23-22(25)24(3)14-17-7-5-6-8-18(17)26-4/h5-10,13,15,21H,11-12,14H2,1-4H3,(H,23,25). The second-order valence-electron chi connectivity index (χ2n) is 7.24. The van der Waals surface area contributed by atoms with Crippen LogP contribution in [-0.2, 0) is 6.54 Å². The van der Waals surface area contributed by atoms with E-state index in [2.05, 4.69) is 19.2 Å². The third-order valence-corrected chi connectivity index (χ3v) is 4.82. The molecule has 6 nitrogen and oxygen atoms in total. The molecule has 2 aromatic carbocycles. The van der Waals surface area contributed by atoms with E-state index < -0.39 is 0 Å². The molecule has 150 valence electrons. The summed E-state index contributed by atoms with van der Waals surface area (Å²) >= 11 is 0. The number of nitrogens with zero attached hydrogens (tertiary/aromatic N) is 1. The van der Waals surface area contributed by atoms with Crippen LogP contribution in [0.1, 0.15) is 31.0 Å². The van der Waals surface area contributed by atoms with E-state index in [4.69, 9.17) is 14.2 Å². The molecule has 0 saturated carbocycles. The molecule has 1 N–H and O–H groups in total. The second kappa shape index (κ2) is 8.87. The summed E-state index contributed by atoms with van der Waals surface area (Å²) in [5, 5.41) is 3.15. The molecule has 1 heterocycles. The smallest absolute Gasteiger partial charge is 0.317 e. The average molecular weight is 384 g/mol. The molecule has 2 amide bonds. The number of carbonyl (C=O) groups is 1. The van der Waals surface area contributed by atoms with E-state index in [1.165, 1.54) is 0 Å². The first kappa shape index (κ1) is 19.9. The zero-order valence-corrected chi connectivity index (χ0v) is 16.9. The van der Waals surface area contributed by atoms with Gasteiger partial charge in [0.1, 0.15) is 19.0 Å². The van der Waals surface area contributed by atoms with Crippen molar-refractivity contribution < 1.29 is 19.0 Å². The number of urea groups is 1. The quantitative estimate of drug-likeness (QED) is 0.818. The number of hydrogen-bond donors (Lipinski definition) is 1. The van der Waals surface area contributed by atoms with Crippen molar-refractivity contribution in [3.05, 3.63) is 53.6 Å². The van der Waals surface area contributed by atoms with Gasteiger partial charge in [-0.25, -0.2) is 4.79 Å². The summed E-state index contributed by atoms with van der Waals surface area (Å²) in [7, 11) is 3.42. The van der Waals surface area contributed by atoms with Crippen LogP contribution < -0.4 is 19.5 Å². The molecule has 0 aromatic heterocycles. The molecule has 1 unspecified atom stereocenters. The Kier molecular flexibility index (Phi) is 6.29. The monoisotopic (exact) mass is 384 g/mol. The van der Waals surface area contributed by atoms with Gasteiger partial charge in [-0.05, 0) is 29.7 Å². The number of rotatable bonds is 6. The Morgan fingerprint density at radius 1 is 1.14 bits per heavy atom. The van der Waals surface area contributed by atoms with E-state index in [0.717, 1.165) is 28.4 Å². The predicted molar refractivity (Wildman–Crippen MR) is 108 cm³/mol. The van der Waals surface area contributed by atoms with E-state index >= 15 is 0 Å². The van der Waals surface area contributed by atoms with E-state index in [1.54, 1.807) is 19.1 Å². The Labute approximate surface area is 166 Å². The predicted octanol–water partition coefficient (Wildman–Crippen LogP) is 4.01. The largest absolute Gasteiger partial charge is 0.496 e. The fraction of sp³-hybridized carbons (Fsp3) is 0.409. The van der Waals surface area contributed by atoms with Crippen LogP contribution in [0, 0.1) is 5.92 Å². The van der Waals surface area contributed by atoms with Crippen molar-refractivity contribution in [2.24, 2.45) is 5.92 Å². The highest BCUT2D eigenvalue weighted by Gasteiger charge is 2.23. The van der Waals surface area contributed by atoms with Crippen molar-refractivity contribution in [3.63, 3.8) is 0 Å². The normalized spacial score (nSPS) is 13.8. The number of ether oxygens (including phenoxy) is 3. The Bertz CT molecular complexity index is 822. The van der Waals surface area contributed by atoms with E-state index in [1.807, 2.05) is 42.5 Å². The van der Waals surface area contributed by atoms with Crippen LogP contribution in [0.5, 0.6) is 17.2 Å². The van der Waals surface area contributed by atoms with Crippen molar-refractivity contribution in [1.29, 1.82) is 0 Å². The summed E-state index contributed by atoms with van der Waals surface area (Å²) in [5.41, 5.74) is 1.96. The number of methoxy groups -OCH3 is 1. The zero-order chi connectivity index (χ0) is 20.1. The first-order valence-electron chi connectivity index (χ1n) is 9.52. The maximum absolute atomic E-state index is 12.8. The van der Waals surface area contributed by atoms with Gasteiger partial charge in [0, 0.05) is 12.6 Å². The molecule has 2 aromatic rings. The summed E-state index contributed by atoms with van der Waals surface area (Å²) in [6.45, 7) is 5.73. The minimum Gasteiger partial charge on any atom is -0.496 e. The molecule has 1 aliphatic heterocycles.